The summed E-state index contributed by atoms with van der Waals surface area (Å²) in [6.45, 7) is 4.95. The van der Waals surface area contributed by atoms with E-state index in [9.17, 15) is 8.42 Å². The lowest BCUT2D eigenvalue weighted by molar-refractivity contribution is 0.549. The van der Waals surface area contributed by atoms with Crippen molar-refractivity contribution in [2.24, 2.45) is 16.0 Å². The van der Waals surface area contributed by atoms with Crippen LogP contribution in [0.4, 0.5) is 0 Å². The lowest BCUT2D eigenvalue weighted by Crippen LogP contribution is -2.44. The Balaban J connectivity index is 3.84. The fourth-order valence-electron chi connectivity index (χ4n) is 1.01. The number of aliphatic imine (C=N–C) groups is 1. The lowest BCUT2D eigenvalue weighted by atomic mass is 10.1. The van der Waals surface area contributed by atoms with Gasteiger partial charge in [-0.15, -0.1) is 0 Å². The molecule has 0 aromatic rings. The summed E-state index contributed by atoms with van der Waals surface area (Å²) in [6, 6.07) is 0. The molecule has 0 aromatic heterocycles. The maximum absolute atomic E-state index is 10.7. The molecular formula is C8H20N4O2S. The van der Waals surface area contributed by atoms with Gasteiger partial charge in [0, 0.05) is 13.6 Å². The average molecular weight is 236 g/mol. The molecule has 0 fully saturated rings. The fraction of sp³-hybridized carbons (Fsp3) is 0.875. The molecule has 0 aliphatic heterocycles. The van der Waals surface area contributed by atoms with Crippen molar-refractivity contribution < 1.29 is 8.42 Å². The van der Waals surface area contributed by atoms with Crippen molar-refractivity contribution in [3.05, 3.63) is 0 Å². The van der Waals surface area contributed by atoms with Gasteiger partial charge in [0.1, 0.15) is 0 Å². The Morgan fingerprint density at radius 1 is 1.47 bits per heavy atom. The first-order valence-electron chi connectivity index (χ1n) is 4.86. The molecule has 0 heterocycles. The summed E-state index contributed by atoms with van der Waals surface area (Å²) in [6.07, 6.45) is 2.04. The second-order valence-corrected chi connectivity index (χ2v) is 4.98. The van der Waals surface area contributed by atoms with Crippen molar-refractivity contribution in [1.82, 2.24) is 10.0 Å². The highest BCUT2D eigenvalue weighted by Crippen LogP contribution is 2.01. The Labute approximate surface area is 91.5 Å². The average Bonchev–Trinajstić information content (AvgIpc) is 2.08. The predicted molar refractivity (Wildman–Crippen MR) is 61.7 cm³/mol. The highest BCUT2D eigenvalue weighted by Gasteiger charge is 2.04. The van der Waals surface area contributed by atoms with Gasteiger partial charge in [0.15, 0.2) is 0 Å². The molecule has 0 aliphatic rings. The molecule has 7 heteroatoms. The lowest BCUT2D eigenvalue weighted by Gasteiger charge is -2.10. The quantitative estimate of drug-likeness (QED) is 0.350. The summed E-state index contributed by atoms with van der Waals surface area (Å²) in [7, 11) is -2.24. The second kappa shape index (κ2) is 6.62. The van der Waals surface area contributed by atoms with E-state index in [0.717, 1.165) is 12.8 Å². The van der Waals surface area contributed by atoms with E-state index in [-0.39, 0.29) is 5.96 Å². The Kier molecular flexibility index (Phi) is 6.26. The zero-order valence-electron chi connectivity index (χ0n) is 9.45. The molecule has 15 heavy (non-hydrogen) atoms. The Bertz CT molecular complexity index is 298. The minimum Gasteiger partial charge on any atom is -0.356 e. The summed E-state index contributed by atoms with van der Waals surface area (Å²) in [4.78, 5) is 3.73. The topological polar surface area (TPSA) is 96.6 Å². The van der Waals surface area contributed by atoms with Crippen LogP contribution < -0.4 is 15.2 Å². The van der Waals surface area contributed by atoms with E-state index in [1.54, 1.807) is 0 Å². The summed E-state index contributed by atoms with van der Waals surface area (Å²) >= 11 is 0. The summed E-state index contributed by atoms with van der Waals surface area (Å²) in [5.74, 6) is 0.821. The van der Waals surface area contributed by atoms with Crippen LogP contribution in [0.2, 0.25) is 0 Å². The predicted octanol–water partition coefficient (Wildman–Crippen LogP) is -0.209. The number of rotatable bonds is 5. The van der Waals surface area contributed by atoms with Crippen LogP contribution in [0.15, 0.2) is 4.99 Å². The summed E-state index contributed by atoms with van der Waals surface area (Å²) in [5.41, 5.74) is 0. The van der Waals surface area contributed by atoms with Crippen molar-refractivity contribution in [2.45, 2.75) is 26.7 Å². The molecular weight excluding hydrogens is 216 g/mol. The minimum atomic E-state index is -3.73. The fourth-order valence-corrected chi connectivity index (χ4v) is 1.45. The first-order valence-corrected chi connectivity index (χ1v) is 6.41. The van der Waals surface area contributed by atoms with Crippen LogP contribution in [-0.2, 0) is 10.2 Å². The van der Waals surface area contributed by atoms with E-state index in [2.05, 4.69) is 28.9 Å². The van der Waals surface area contributed by atoms with Crippen LogP contribution in [-0.4, -0.2) is 28.0 Å². The number of nitrogens with zero attached hydrogens (tertiary/aromatic N) is 1. The number of nitrogens with two attached hydrogens (primary N) is 1. The third-order valence-corrected chi connectivity index (χ3v) is 2.19. The maximum atomic E-state index is 10.7. The summed E-state index contributed by atoms with van der Waals surface area (Å²) in [5, 5.41) is 7.67. The smallest absolute Gasteiger partial charge is 0.298 e. The van der Waals surface area contributed by atoms with Gasteiger partial charge >= 0.3 is 0 Å². The zero-order chi connectivity index (χ0) is 11.9. The molecule has 0 aliphatic carbocycles. The largest absolute Gasteiger partial charge is 0.356 e. The van der Waals surface area contributed by atoms with Crippen molar-refractivity contribution in [1.29, 1.82) is 0 Å². The SMILES string of the molecule is CN=C(NCCCC(C)C)NS(N)(=O)=O. The van der Waals surface area contributed by atoms with E-state index >= 15 is 0 Å². The van der Waals surface area contributed by atoms with Gasteiger partial charge < -0.3 is 5.32 Å². The van der Waals surface area contributed by atoms with Gasteiger partial charge in [-0.05, 0) is 18.8 Å². The highest BCUT2D eigenvalue weighted by atomic mass is 32.2. The summed E-state index contributed by atoms with van der Waals surface area (Å²) < 4.78 is 23.5. The van der Waals surface area contributed by atoms with Gasteiger partial charge in [-0.2, -0.15) is 8.42 Å². The Morgan fingerprint density at radius 2 is 2.07 bits per heavy atom. The van der Waals surface area contributed by atoms with Gasteiger partial charge in [0.25, 0.3) is 10.2 Å². The number of guanidine groups is 1. The van der Waals surface area contributed by atoms with Crippen LogP contribution in [0.3, 0.4) is 0 Å². The first kappa shape index (κ1) is 14.2. The molecule has 90 valence electrons. The van der Waals surface area contributed by atoms with Crippen LogP contribution in [0.5, 0.6) is 0 Å². The molecule has 4 N–H and O–H groups in total. The van der Waals surface area contributed by atoms with Crippen molar-refractivity contribution >= 4 is 16.2 Å². The molecule has 0 aromatic carbocycles. The van der Waals surface area contributed by atoms with E-state index < -0.39 is 10.2 Å². The van der Waals surface area contributed by atoms with Crippen molar-refractivity contribution in [3.8, 4) is 0 Å². The van der Waals surface area contributed by atoms with E-state index in [1.807, 2.05) is 0 Å². The number of hydrogen-bond donors (Lipinski definition) is 3. The normalized spacial score (nSPS) is 13.0. The van der Waals surface area contributed by atoms with Gasteiger partial charge in [0.05, 0.1) is 0 Å². The highest BCUT2D eigenvalue weighted by molar-refractivity contribution is 7.87. The molecule has 0 spiro atoms. The van der Waals surface area contributed by atoms with Crippen LogP contribution in [0, 0.1) is 5.92 Å². The monoisotopic (exact) mass is 236 g/mol. The molecule has 0 unspecified atom stereocenters. The van der Waals surface area contributed by atoms with Crippen LogP contribution >= 0.6 is 0 Å². The molecule has 0 bridgehead atoms. The molecule has 0 atom stereocenters. The zero-order valence-corrected chi connectivity index (χ0v) is 10.3. The molecule has 0 radical (unpaired) electrons. The first-order chi connectivity index (χ1) is 6.85. The van der Waals surface area contributed by atoms with Gasteiger partial charge in [-0.25, -0.2) is 9.86 Å². The van der Waals surface area contributed by atoms with E-state index in [1.165, 1.54) is 7.05 Å². The standard InChI is InChI=1S/C8H20N4O2S/c1-7(2)5-4-6-11-8(10-3)12-15(9,13)14/h7H,4-6H2,1-3H3,(H2,9,13,14)(H2,10,11,12). The second-order valence-electron chi connectivity index (χ2n) is 3.68. The van der Waals surface area contributed by atoms with Crippen molar-refractivity contribution in [3.63, 3.8) is 0 Å². The number of nitrogens with one attached hydrogen (secondary N) is 2. The maximum Gasteiger partial charge on any atom is 0.298 e. The van der Waals surface area contributed by atoms with Gasteiger partial charge in [0.2, 0.25) is 5.96 Å². The Hall–Kier alpha value is -0.820. The third kappa shape index (κ3) is 9.48. The molecule has 0 amide bonds. The third-order valence-electron chi connectivity index (χ3n) is 1.71. The molecule has 0 rings (SSSR count). The molecule has 0 saturated carbocycles. The van der Waals surface area contributed by atoms with Gasteiger partial charge in [-0.3, -0.25) is 4.99 Å². The minimum absolute atomic E-state index is 0.182. The van der Waals surface area contributed by atoms with Crippen molar-refractivity contribution in [2.75, 3.05) is 13.6 Å². The molecule has 0 saturated heterocycles. The Morgan fingerprint density at radius 3 is 2.47 bits per heavy atom. The number of hydrogen-bond acceptors (Lipinski definition) is 3. The van der Waals surface area contributed by atoms with E-state index in [0.29, 0.717) is 12.5 Å². The van der Waals surface area contributed by atoms with Gasteiger partial charge in [-0.1, -0.05) is 13.8 Å². The van der Waals surface area contributed by atoms with Crippen LogP contribution in [0.1, 0.15) is 26.7 Å². The van der Waals surface area contributed by atoms with E-state index in [4.69, 9.17) is 5.14 Å². The van der Waals surface area contributed by atoms with Crippen LogP contribution in [0.25, 0.3) is 0 Å². The molecule has 6 nitrogen and oxygen atoms in total.